The Morgan fingerprint density at radius 1 is 1.40 bits per heavy atom. The number of benzene rings is 1. The van der Waals surface area contributed by atoms with Crippen LogP contribution in [-0.4, -0.2) is 12.9 Å². The van der Waals surface area contributed by atoms with Crippen molar-refractivity contribution in [3.8, 4) is 11.8 Å². The molecule has 1 heterocycles. The van der Waals surface area contributed by atoms with Gasteiger partial charge in [0, 0.05) is 28.5 Å². The summed E-state index contributed by atoms with van der Waals surface area (Å²) in [7, 11) is 1.56. The lowest BCUT2D eigenvalue weighted by Crippen LogP contribution is -2.33. The monoisotopic (exact) mass is 402 g/mol. The molecule has 2 aliphatic rings. The molecule has 25 heavy (non-hydrogen) atoms. The molecule has 3 rings (SSSR count). The predicted octanol–water partition coefficient (Wildman–Crippen LogP) is 3.91. The second-order valence-corrected chi connectivity index (χ2v) is 8.00. The maximum Gasteiger partial charge on any atom is 0.205 e. The summed E-state index contributed by atoms with van der Waals surface area (Å²) in [6.07, 6.45) is 1.00. The summed E-state index contributed by atoms with van der Waals surface area (Å²) in [5.41, 5.74) is 7.30. The molecule has 1 aromatic carbocycles. The molecule has 2 N–H and O–H groups in total. The van der Waals surface area contributed by atoms with Crippen molar-refractivity contribution in [1.82, 2.24) is 0 Å². The molecular weight excluding hydrogens is 384 g/mol. The molecule has 0 spiro atoms. The lowest BCUT2D eigenvalue weighted by atomic mass is 9.70. The Labute approximate surface area is 155 Å². The van der Waals surface area contributed by atoms with E-state index in [1.807, 2.05) is 26.0 Å². The quantitative estimate of drug-likeness (QED) is 0.810. The highest BCUT2D eigenvalue weighted by molar-refractivity contribution is 9.10. The van der Waals surface area contributed by atoms with Gasteiger partial charge >= 0.3 is 0 Å². The van der Waals surface area contributed by atoms with E-state index in [2.05, 4.69) is 22.0 Å². The van der Waals surface area contributed by atoms with Crippen LogP contribution in [0.25, 0.3) is 0 Å². The van der Waals surface area contributed by atoms with Gasteiger partial charge in [0.25, 0.3) is 0 Å². The second kappa shape index (κ2) is 6.23. The molecule has 6 heteroatoms. The van der Waals surface area contributed by atoms with Crippen molar-refractivity contribution >= 4 is 21.7 Å². The number of hydrogen-bond acceptors (Lipinski definition) is 5. The van der Waals surface area contributed by atoms with Crippen LogP contribution < -0.4 is 10.5 Å². The molecule has 0 saturated carbocycles. The number of hydrogen-bond donors (Lipinski definition) is 1. The van der Waals surface area contributed by atoms with E-state index in [9.17, 15) is 10.1 Å². The van der Waals surface area contributed by atoms with Gasteiger partial charge in [0.15, 0.2) is 5.78 Å². The van der Waals surface area contributed by atoms with Gasteiger partial charge in [0.05, 0.1) is 13.0 Å². The van der Waals surface area contributed by atoms with Gasteiger partial charge in [-0.3, -0.25) is 4.79 Å². The van der Waals surface area contributed by atoms with E-state index in [1.54, 1.807) is 13.2 Å². The standard InChI is InChI=1S/C19H19BrN2O3/c1-19(2)7-13(23)17-15(8-19)25-18(22)12(9-21)16(17)11-6-10(20)4-5-14(11)24-3/h4-6,16H,7-8,22H2,1-3H3/t16-/m0/s1. The van der Waals surface area contributed by atoms with Crippen molar-refractivity contribution in [3.63, 3.8) is 0 Å². The second-order valence-electron chi connectivity index (χ2n) is 7.09. The first-order chi connectivity index (χ1) is 11.8. The van der Waals surface area contributed by atoms with Crippen LogP contribution in [0.5, 0.6) is 5.75 Å². The smallest absolute Gasteiger partial charge is 0.205 e. The molecular formula is C19H19BrN2O3. The number of nitrogens with zero attached hydrogens (tertiary/aromatic N) is 1. The molecule has 1 aliphatic carbocycles. The molecule has 0 aromatic heterocycles. The number of halogens is 1. The highest BCUT2D eigenvalue weighted by Gasteiger charge is 2.43. The third kappa shape index (κ3) is 3.05. The normalized spacial score (nSPS) is 22.2. The molecule has 5 nitrogen and oxygen atoms in total. The summed E-state index contributed by atoms with van der Waals surface area (Å²) in [5, 5.41) is 9.65. The van der Waals surface area contributed by atoms with Gasteiger partial charge < -0.3 is 15.2 Å². The SMILES string of the molecule is COc1ccc(Br)cc1[C@H]1C(C#N)=C(N)OC2=C1C(=O)CC(C)(C)C2. The third-order valence-electron chi connectivity index (χ3n) is 4.58. The summed E-state index contributed by atoms with van der Waals surface area (Å²) in [6.45, 7) is 4.04. The number of ketones is 1. The number of ether oxygens (including phenoxy) is 2. The first-order valence-electron chi connectivity index (χ1n) is 7.94. The number of carbonyl (C=O) groups is 1. The summed E-state index contributed by atoms with van der Waals surface area (Å²) in [6, 6.07) is 7.63. The number of Topliss-reactive ketones (excluding diaryl/α,β-unsaturated/α-hetero) is 1. The van der Waals surface area contributed by atoms with E-state index >= 15 is 0 Å². The first kappa shape index (κ1) is 17.6. The van der Waals surface area contributed by atoms with Gasteiger partial charge in [-0.15, -0.1) is 0 Å². The van der Waals surface area contributed by atoms with Crippen LogP contribution in [-0.2, 0) is 9.53 Å². The van der Waals surface area contributed by atoms with Crippen molar-refractivity contribution in [2.75, 3.05) is 7.11 Å². The van der Waals surface area contributed by atoms with Gasteiger partial charge in [0.1, 0.15) is 23.2 Å². The number of nitriles is 1. The van der Waals surface area contributed by atoms with E-state index in [4.69, 9.17) is 15.2 Å². The average Bonchev–Trinajstić information content (AvgIpc) is 2.52. The van der Waals surface area contributed by atoms with E-state index in [0.29, 0.717) is 29.9 Å². The van der Waals surface area contributed by atoms with Gasteiger partial charge in [-0.25, -0.2) is 0 Å². The minimum Gasteiger partial charge on any atom is -0.496 e. The number of rotatable bonds is 2. The Hall–Kier alpha value is -2.26. The zero-order valence-electron chi connectivity index (χ0n) is 14.4. The molecule has 1 aliphatic heterocycles. The summed E-state index contributed by atoms with van der Waals surface area (Å²) in [4.78, 5) is 12.9. The minimum atomic E-state index is -0.579. The van der Waals surface area contributed by atoms with Crippen LogP contribution in [0.2, 0.25) is 0 Å². The molecule has 1 atom stereocenters. The molecule has 0 unspecified atom stereocenters. The molecule has 0 fully saturated rings. The fourth-order valence-corrected chi connectivity index (χ4v) is 3.91. The first-order valence-corrected chi connectivity index (χ1v) is 8.74. The average molecular weight is 403 g/mol. The molecule has 0 radical (unpaired) electrons. The van der Waals surface area contributed by atoms with Crippen molar-refractivity contribution in [3.05, 3.63) is 51.0 Å². The van der Waals surface area contributed by atoms with Crippen LogP contribution >= 0.6 is 15.9 Å². The summed E-state index contributed by atoms with van der Waals surface area (Å²) < 4.78 is 12.0. The zero-order valence-corrected chi connectivity index (χ0v) is 15.9. The van der Waals surface area contributed by atoms with Crippen LogP contribution in [0.4, 0.5) is 0 Å². The zero-order chi connectivity index (χ0) is 18.4. The molecule has 1 aromatic rings. The van der Waals surface area contributed by atoms with Gasteiger partial charge in [0.2, 0.25) is 5.88 Å². The van der Waals surface area contributed by atoms with Crippen molar-refractivity contribution in [1.29, 1.82) is 5.26 Å². The molecule has 0 bridgehead atoms. The van der Waals surface area contributed by atoms with E-state index in [-0.39, 0.29) is 22.7 Å². The van der Waals surface area contributed by atoms with Gasteiger partial charge in [-0.1, -0.05) is 29.8 Å². The maximum absolute atomic E-state index is 12.9. The fourth-order valence-electron chi connectivity index (χ4n) is 3.53. The Morgan fingerprint density at radius 3 is 2.76 bits per heavy atom. The highest BCUT2D eigenvalue weighted by Crippen LogP contribution is 2.49. The van der Waals surface area contributed by atoms with Crippen molar-refractivity contribution < 1.29 is 14.3 Å². The molecule has 0 amide bonds. The van der Waals surface area contributed by atoms with E-state index in [1.165, 1.54) is 0 Å². The van der Waals surface area contributed by atoms with Crippen molar-refractivity contribution in [2.45, 2.75) is 32.6 Å². The van der Waals surface area contributed by atoms with E-state index < -0.39 is 5.92 Å². The fraction of sp³-hybridized carbons (Fsp3) is 0.368. The van der Waals surface area contributed by atoms with Crippen LogP contribution in [0.15, 0.2) is 45.5 Å². The molecule has 130 valence electrons. The Kier molecular flexibility index (Phi) is 4.38. The Morgan fingerprint density at radius 2 is 2.12 bits per heavy atom. The van der Waals surface area contributed by atoms with Crippen LogP contribution in [0.1, 0.15) is 38.2 Å². The highest BCUT2D eigenvalue weighted by atomic mass is 79.9. The Balaban J connectivity index is 2.25. The number of nitrogens with two attached hydrogens (primary N) is 1. The lowest BCUT2D eigenvalue weighted by Gasteiger charge is -2.37. The minimum absolute atomic E-state index is 0.0153. The lowest BCUT2D eigenvalue weighted by molar-refractivity contribution is -0.119. The van der Waals surface area contributed by atoms with E-state index in [0.717, 1.165) is 10.0 Å². The predicted molar refractivity (Wildman–Crippen MR) is 96.4 cm³/mol. The number of carbonyl (C=O) groups excluding carboxylic acids is 1. The summed E-state index contributed by atoms with van der Waals surface area (Å²) >= 11 is 3.45. The number of methoxy groups -OCH3 is 1. The van der Waals surface area contributed by atoms with Gasteiger partial charge in [-0.05, 0) is 23.6 Å². The number of allylic oxidation sites excluding steroid dienone is 3. The van der Waals surface area contributed by atoms with Crippen LogP contribution in [0.3, 0.4) is 0 Å². The van der Waals surface area contributed by atoms with Crippen LogP contribution in [0, 0.1) is 16.7 Å². The third-order valence-corrected chi connectivity index (χ3v) is 5.07. The van der Waals surface area contributed by atoms with Crippen molar-refractivity contribution in [2.24, 2.45) is 11.1 Å². The maximum atomic E-state index is 12.9. The molecule has 0 saturated heterocycles. The van der Waals surface area contributed by atoms with Gasteiger partial charge in [-0.2, -0.15) is 5.26 Å². The summed E-state index contributed by atoms with van der Waals surface area (Å²) in [5.74, 6) is 0.618. The Bertz CT molecular complexity index is 862. The largest absolute Gasteiger partial charge is 0.496 e. The topological polar surface area (TPSA) is 85.3 Å².